The molecule has 0 heterocycles. The largest absolute Gasteiger partial charge is 0.481 e. The molecule has 1 aromatic rings. The maximum atomic E-state index is 10.5. The lowest BCUT2D eigenvalue weighted by atomic mass is 10.1. The summed E-state index contributed by atoms with van der Waals surface area (Å²) >= 11 is 9.06. The van der Waals surface area contributed by atoms with Crippen molar-refractivity contribution in [2.45, 2.75) is 13.3 Å². The maximum Gasteiger partial charge on any atom is 0.307 e. The van der Waals surface area contributed by atoms with Crippen LogP contribution in [0, 0.1) is 6.92 Å². The Bertz CT molecular complexity index is 326. The number of aryl methyl sites for hydroxylation is 1. The summed E-state index contributed by atoms with van der Waals surface area (Å²) in [6.07, 6.45) is 0.0174. The zero-order valence-corrected chi connectivity index (χ0v) is 9.32. The predicted octanol–water partition coefficient (Wildman–Crippen LogP) is 3.04. The van der Waals surface area contributed by atoms with E-state index in [-0.39, 0.29) is 6.42 Å². The summed E-state index contributed by atoms with van der Waals surface area (Å²) in [5.41, 5.74) is 1.67. The summed E-state index contributed by atoms with van der Waals surface area (Å²) in [7, 11) is 0. The average Bonchev–Trinajstić information content (AvgIpc) is 1.96. The second kappa shape index (κ2) is 4.11. The van der Waals surface area contributed by atoms with Gasteiger partial charge < -0.3 is 5.11 Å². The Morgan fingerprint density at radius 2 is 2.23 bits per heavy atom. The van der Waals surface area contributed by atoms with E-state index < -0.39 is 5.97 Å². The summed E-state index contributed by atoms with van der Waals surface area (Å²) in [5.74, 6) is -0.842. The van der Waals surface area contributed by atoms with E-state index in [9.17, 15) is 4.79 Å². The van der Waals surface area contributed by atoms with E-state index in [2.05, 4.69) is 15.9 Å². The van der Waals surface area contributed by atoms with Crippen LogP contribution in [0.4, 0.5) is 0 Å². The predicted molar refractivity (Wildman–Crippen MR) is 55.2 cm³/mol. The van der Waals surface area contributed by atoms with Crippen molar-refractivity contribution >= 4 is 33.5 Å². The van der Waals surface area contributed by atoms with E-state index in [1.807, 2.05) is 6.92 Å². The van der Waals surface area contributed by atoms with E-state index in [1.165, 1.54) is 0 Å². The van der Waals surface area contributed by atoms with Crippen LogP contribution >= 0.6 is 27.5 Å². The van der Waals surface area contributed by atoms with Crippen molar-refractivity contribution in [3.8, 4) is 0 Å². The van der Waals surface area contributed by atoms with Crippen molar-refractivity contribution in [1.82, 2.24) is 0 Å². The molecule has 1 aromatic carbocycles. The minimum atomic E-state index is -0.842. The van der Waals surface area contributed by atoms with Crippen LogP contribution in [0.1, 0.15) is 11.1 Å². The molecular formula is C9H8BrClO2. The Morgan fingerprint density at radius 1 is 1.62 bits per heavy atom. The standard InChI is InChI=1S/C9H8BrClO2/c1-5-2-6(11)3-8(10)7(5)4-9(12)13/h2-3H,4H2,1H3,(H,12,13). The number of carboxylic acid groups (broad SMARTS) is 1. The van der Waals surface area contributed by atoms with Crippen molar-refractivity contribution in [2.24, 2.45) is 0 Å². The Balaban J connectivity index is 3.13. The zero-order valence-electron chi connectivity index (χ0n) is 6.97. The first-order valence-electron chi connectivity index (χ1n) is 3.67. The van der Waals surface area contributed by atoms with Gasteiger partial charge in [-0.3, -0.25) is 4.79 Å². The molecule has 0 aromatic heterocycles. The lowest BCUT2D eigenvalue weighted by molar-refractivity contribution is -0.136. The Morgan fingerprint density at radius 3 is 2.69 bits per heavy atom. The lowest BCUT2D eigenvalue weighted by Gasteiger charge is -2.06. The first-order chi connectivity index (χ1) is 6.00. The van der Waals surface area contributed by atoms with E-state index >= 15 is 0 Å². The number of rotatable bonds is 2. The van der Waals surface area contributed by atoms with Gasteiger partial charge in [-0.2, -0.15) is 0 Å². The molecule has 0 aliphatic rings. The van der Waals surface area contributed by atoms with Gasteiger partial charge in [0.1, 0.15) is 0 Å². The highest BCUT2D eigenvalue weighted by Gasteiger charge is 2.08. The monoisotopic (exact) mass is 262 g/mol. The van der Waals surface area contributed by atoms with E-state index in [0.29, 0.717) is 5.02 Å². The number of halogens is 2. The first-order valence-corrected chi connectivity index (χ1v) is 4.84. The fraction of sp³-hybridized carbons (Fsp3) is 0.222. The Labute approximate surface area is 89.7 Å². The van der Waals surface area contributed by atoms with Gasteiger partial charge in [-0.05, 0) is 30.2 Å². The molecule has 0 amide bonds. The van der Waals surface area contributed by atoms with Crippen molar-refractivity contribution in [1.29, 1.82) is 0 Å². The van der Waals surface area contributed by atoms with Crippen LogP contribution in [0.2, 0.25) is 5.02 Å². The molecule has 0 saturated heterocycles. The van der Waals surface area contributed by atoms with Gasteiger partial charge >= 0.3 is 5.97 Å². The molecule has 0 fully saturated rings. The van der Waals surface area contributed by atoms with Gasteiger partial charge in [0.05, 0.1) is 6.42 Å². The normalized spacial score (nSPS) is 10.1. The van der Waals surface area contributed by atoms with Gasteiger partial charge in [0.15, 0.2) is 0 Å². The van der Waals surface area contributed by atoms with E-state index in [0.717, 1.165) is 15.6 Å². The number of carbonyl (C=O) groups is 1. The molecule has 0 bridgehead atoms. The van der Waals surface area contributed by atoms with E-state index in [4.69, 9.17) is 16.7 Å². The molecule has 0 aliphatic carbocycles. The van der Waals surface area contributed by atoms with Crippen molar-refractivity contribution in [3.05, 3.63) is 32.8 Å². The molecule has 0 atom stereocenters. The Hall–Kier alpha value is -0.540. The minimum absolute atomic E-state index is 0.0174. The fourth-order valence-corrected chi connectivity index (χ4v) is 2.21. The van der Waals surface area contributed by atoms with Crippen LogP contribution in [0.3, 0.4) is 0 Å². The molecule has 0 spiro atoms. The third kappa shape index (κ3) is 2.71. The van der Waals surface area contributed by atoms with Crippen LogP contribution < -0.4 is 0 Å². The van der Waals surface area contributed by atoms with Crippen LogP contribution in [0.25, 0.3) is 0 Å². The number of carboxylic acids is 1. The van der Waals surface area contributed by atoms with Gasteiger partial charge in [-0.1, -0.05) is 27.5 Å². The van der Waals surface area contributed by atoms with E-state index in [1.54, 1.807) is 12.1 Å². The topological polar surface area (TPSA) is 37.3 Å². The molecule has 13 heavy (non-hydrogen) atoms. The zero-order chi connectivity index (χ0) is 10.0. The molecule has 1 rings (SSSR count). The summed E-state index contributed by atoms with van der Waals surface area (Å²) in [6.45, 7) is 1.84. The molecule has 4 heteroatoms. The summed E-state index contributed by atoms with van der Waals surface area (Å²) < 4.78 is 0.750. The molecule has 0 unspecified atom stereocenters. The van der Waals surface area contributed by atoms with Crippen LogP contribution in [0.15, 0.2) is 16.6 Å². The number of aliphatic carboxylic acids is 1. The van der Waals surface area contributed by atoms with Gasteiger partial charge in [-0.15, -0.1) is 0 Å². The molecule has 1 N–H and O–H groups in total. The maximum absolute atomic E-state index is 10.5. The van der Waals surface area contributed by atoms with Crippen molar-refractivity contribution in [3.63, 3.8) is 0 Å². The first kappa shape index (κ1) is 10.5. The number of hydrogen-bond donors (Lipinski definition) is 1. The molecule has 0 saturated carbocycles. The van der Waals surface area contributed by atoms with Crippen LogP contribution in [0.5, 0.6) is 0 Å². The third-order valence-electron chi connectivity index (χ3n) is 1.71. The SMILES string of the molecule is Cc1cc(Cl)cc(Br)c1CC(=O)O. The number of benzene rings is 1. The van der Waals surface area contributed by atoms with Crippen molar-refractivity contribution in [2.75, 3.05) is 0 Å². The van der Waals surface area contributed by atoms with Gasteiger partial charge in [-0.25, -0.2) is 0 Å². The highest BCUT2D eigenvalue weighted by atomic mass is 79.9. The second-order valence-electron chi connectivity index (χ2n) is 2.75. The number of hydrogen-bond acceptors (Lipinski definition) is 1. The molecule has 0 radical (unpaired) electrons. The third-order valence-corrected chi connectivity index (χ3v) is 2.64. The fourth-order valence-electron chi connectivity index (χ4n) is 1.11. The molecule has 70 valence electrons. The highest BCUT2D eigenvalue weighted by molar-refractivity contribution is 9.10. The summed E-state index contributed by atoms with van der Waals surface area (Å²) in [4.78, 5) is 10.5. The Kier molecular flexibility index (Phi) is 3.33. The summed E-state index contributed by atoms with van der Waals surface area (Å²) in [5, 5.41) is 9.24. The van der Waals surface area contributed by atoms with Crippen LogP contribution in [-0.4, -0.2) is 11.1 Å². The summed E-state index contributed by atoms with van der Waals surface area (Å²) in [6, 6.07) is 3.46. The van der Waals surface area contributed by atoms with Gasteiger partial charge in [0.2, 0.25) is 0 Å². The minimum Gasteiger partial charge on any atom is -0.481 e. The smallest absolute Gasteiger partial charge is 0.307 e. The van der Waals surface area contributed by atoms with Gasteiger partial charge in [0.25, 0.3) is 0 Å². The average molecular weight is 264 g/mol. The van der Waals surface area contributed by atoms with Gasteiger partial charge in [0, 0.05) is 9.50 Å². The molecule has 2 nitrogen and oxygen atoms in total. The molecular weight excluding hydrogens is 255 g/mol. The van der Waals surface area contributed by atoms with Crippen LogP contribution in [-0.2, 0) is 11.2 Å². The second-order valence-corrected chi connectivity index (χ2v) is 4.04. The molecule has 0 aliphatic heterocycles. The quantitative estimate of drug-likeness (QED) is 0.890. The van der Waals surface area contributed by atoms with Crippen molar-refractivity contribution < 1.29 is 9.90 Å². The highest BCUT2D eigenvalue weighted by Crippen LogP contribution is 2.25. The lowest BCUT2D eigenvalue weighted by Crippen LogP contribution is -2.02.